The lowest BCUT2D eigenvalue weighted by molar-refractivity contribution is 0.140. The van der Waals surface area contributed by atoms with Crippen LogP contribution in [0.3, 0.4) is 0 Å². The maximum atomic E-state index is 9.45. The Morgan fingerprint density at radius 1 is 1.06 bits per heavy atom. The van der Waals surface area contributed by atoms with Crippen molar-refractivity contribution in [2.24, 2.45) is 0 Å². The van der Waals surface area contributed by atoms with Gasteiger partial charge in [-0.3, -0.25) is 0 Å². The van der Waals surface area contributed by atoms with Crippen LogP contribution in [0.15, 0.2) is 12.1 Å². The maximum absolute atomic E-state index is 9.45. The predicted octanol–water partition coefficient (Wildman–Crippen LogP) is 0.581. The summed E-state index contributed by atoms with van der Waals surface area (Å²) in [5.74, 6) is 0.643. The molecule has 0 saturated carbocycles. The van der Waals surface area contributed by atoms with Gasteiger partial charge in [0.1, 0.15) is 5.75 Å². The smallest absolute Gasteiger partial charge is 0.496 e. The number of aliphatic hydroxyl groups is 1. The van der Waals surface area contributed by atoms with Gasteiger partial charge in [0.15, 0.2) is 0 Å². The van der Waals surface area contributed by atoms with Crippen LogP contribution in [0.25, 0.3) is 0 Å². The SMILES string of the molecule is COc1ccc([Si](OC)(OC)OC)c(C)c1CO. The minimum absolute atomic E-state index is 0.107. The Bertz CT molecular complexity index is 395. The molecule has 0 unspecified atom stereocenters. The van der Waals surface area contributed by atoms with Crippen molar-refractivity contribution >= 4 is 14.0 Å². The van der Waals surface area contributed by atoms with E-state index in [0.717, 1.165) is 16.3 Å². The highest BCUT2D eigenvalue weighted by Gasteiger charge is 2.42. The second kappa shape index (κ2) is 6.30. The van der Waals surface area contributed by atoms with Gasteiger partial charge in [0.05, 0.1) is 13.7 Å². The third-order valence-corrected chi connectivity index (χ3v) is 5.88. The average molecular weight is 272 g/mol. The molecule has 1 rings (SSSR count). The van der Waals surface area contributed by atoms with Gasteiger partial charge in [-0.05, 0) is 18.6 Å². The van der Waals surface area contributed by atoms with Gasteiger partial charge in [-0.2, -0.15) is 0 Å². The number of benzene rings is 1. The Balaban J connectivity index is 3.42. The van der Waals surface area contributed by atoms with Gasteiger partial charge >= 0.3 is 8.80 Å². The molecule has 0 aromatic heterocycles. The van der Waals surface area contributed by atoms with Gasteiger partial charge in [0.25, 0.3) is 0 Å². The first-order chi connectivity index (χ1) is 8.60. The molecule has 18 heavy (non-hydrogen) atoms. The fraction of sp³-hybridized carbons (Fsp3) is 0.500. The Hall–Kier alpha value is -0.923. The Morgan fingerprint density at radius 2 is 1.61 bits per heavy atom. The highest BCUT2D eigenvalue weighted by atomic mass is 28.4. The first-order valence-electron chi connectivity index (χ1n) is 5.53. The molecule has 1 aromatic carbocycles. The molecule has 1 aromatic rings. The first kappa shape index (κ1) is 15.1. The second-order valence-corrected chi connectivity index (χ2v) is 6.62. The van der Waals surface area contributed by atoms with Crippen LogP contribution in [0.5, 0.6) is 5.75 Å². The molecular formula is C12H20O5Si. The van der Waals surface area contributed by atoms with Crippen LogP contribution in [0.1, 0.15) is 11.1 Å². The zero-order valence-corrected chi connectivity index (χ0v) is 12.4. The Morgan fingerprint density at radius 3 is 2.00 bits per heavy atom. The molecule has 0 heterocycles. The number of hydrogen-bond acceptors (Lipinski definition) is 5. The van der Waals surface area contributed by atoms with Crippen LogP contribution >= 0.6 is 0 Å². The third-order valence-electron chi connectivity index (χ3n) is 3.07. The van der Waals surface area contributed by atoms with E-state index >= 15 is 0 Å². The van der Waals surface area contributed by atoms with Crippen LogP contribution in [-0.2, 0) is 19.9 Å². The molecule has 6 heteroatoms. The summed E-state index contributed by atoms with van der Waals surface area (Å²) in [5.41, 5.74) is 1.59. The minimum atomic E-state index is -2.89. The van der Waals surface area contributed by atoms with Crippen molar-refractivity contribution in [2.45, 2.75) is 13.5 Å². The van der Waals surface area contributed by atoms with Gasteiger partial charge in [-0.1, -0.05) is 6.07 Å². The molecule has 5 nitrogen and oxygen atoms in total. The van der Waals surface area contributed by atoms with E-state index in [1.165, 1.54) is 0 Å². The highest BCUT2D eigenvalue weighted by Crippen LogP contribution is 2.23. The number of methoxy groups -OCH3 is 1. The number of aliphatic hydroxyl groups excluding tert-OH is 1. The summed E-state index contributed by atoms with van der Waals surface area (Å²) < 4.78 is 21.6. The maximum Gasteiger partial charge on any atom is 0.536 e. The zero-order chi connectivity index (χ0) is 13.8. The van der Waals surface area contributed by atoms with E-state index in [0.29, 0.717) is 5.75 Å². The summed E-state index contributed by atoms with van der Waals surface area (Å²) in [4.78, 5) is 0. The standard InChI is InChI=1S/C12H20O5Si/c1-9-10(8-13)11(14-2)6-7-12(9)18(15-3,16-4)17-5/h6-7,13H,8H2,1-5H3. The summed E-state index contributed by atoms with van der Waals surface area (Å²) in [6.45, 7) is 1.78. The lowest BCUT2D eigenvalue weighted by Crippen LogP contribution is -2.55. The van der Waals surface area contributed by atoms with Crippen molar-refractivity contribution in [2.75, 3.05) is 28.4 Å². The van der Waals surface area contributed by atoms with Crippen molar-refractivity contribution < 1.29 is 23.1 Å². The molecule has 0 bridgehead atoms. The highest BCUT2D eigenvalue weighted by molar-refractivity contribution is 6.75. The van der Waals surface area contributed by atoms with Crippen LogP contribution in [0, 0.1) is 6.92 Å². The van der Waals surface area contributed by atoms with Crippen LogP contribution in [-0.4, -0.2) is 42.4 Å². The molecule has 0 fully saturated rings. The lowest BCUT2D eigenvalue weighted by Gasteiger charge is -2.27. The van der Waals surface area contributed by atoms with Gasteiger partial charge < -0.3 is 23.1 Å². The van der Waals surface area contributed by atoms with Crippen molar-refractivity contribution in [3.05, 3.63) is 23.3 Å². The van der Waals surface area contributed by atoms with E-state index in [1.54, 1.807) is 34.5 Å². The number of rotatable bonds is 6. The third kappa shape index (κ3) is 2.43. The quantitative estimate of drug-likeness (QED) is 0.768. The van der Waals surface area contributed by atoms with E-state index in [2.05, 4.69) is 0 Å². The summed E-state index contributed by atoms with van der Waals surface area (Å²) in [5, 5.41) is 10.3. The molecule has 0 amide bonds. The van der Waals surface area contributed by atoms with Crippen molar-refractivity contribution in [1.29, 1.82) is 0 Å². The first-order valence-corrected chi connectivity index (χ1v) is 7.25. The zero-order valence-electron chi connectivity index (χ0n) is 11.4. The van der Waals surface area contributed by atoms with Gasteiger partial charge in [0.2, 0.25) is 0 Å². The summed E-state index contributed by atoms with van der Waals surface area (Å²) >= 11 is 0. The van der Waals surface area contributed by atoms with Crippen molar-refractivity contribution in [3.8, 4) is 5.75 Å². The molecule has 0 aliphatic rings. The van der Waals surface area contributed by atoms with E-state index < -0.39 is 8.80 Å². The van der Waals surface area contributed by atoms with E-state index in [1.807, 2.05) is 13.0 Å². The van der Waals surface area contributed by atoms with Crippen LogP contribution in [0.2, 0.25) is 0 Å². The summed E-state index contributed by atoms with van der Waals surface area (Å²) in [7, 11) is 3.35. The lowest BCUT2D eigenvalue weighted by atomic mass is 10.1. The summed E-state index contributed by atoms with van der Waals surface area (Å²) in [6, 6.07) is 3.64. The average Bonchev–Trinajstić information content (AvgIpc) is 2.42. The Kier molecular flexibility index (Phi) is 5.30. The molecule has 102 valence electrons. The van der Waals surface area contributed by atoms with Crippen molar-refractivity contribution in [3.63, 3.8) is 0 Å². The topological polar surface area (TPSA) is 57.2 Å². The second-order valence-electron chi connectivity index (χ2n) is 3.75. The van der Waals surface area contributed by atoms with Gasteiger partial charge in [0, 0.05) is 32.1 Å². The predicted molar refractivity (Wildman–Crippen MR) is 70.1 cm³/mol. The molecule has 0 aliphatic heterocycles. The Labute approximate surface area is 109 Å². The fourth-order valence-electron chi connectivity index (χ4n) is 2.03. The van der Waals surface area contributed by atoms with Gasteiger partial charge in [-0.15, -0.1) is 0 Å². The fourth-order valence-corrected chi connectivity index (χ4v) is 4.09. The summed E-state index contributed by atoms with van der Waals surface area (Å²) in [6.07, 6.45) is 0. The molecule has 0 atom stereocenters. The molecule has 1 N–H and O–H groups in total. The van der Waals surface area contributed by atoms with E-state index in [-0.39, 0.29) is 6.61 Å². The van der Waals surface area contributed by atoms with Crippen LogP contribution in [0.4, 0.5) is 0 Å². The molecule has 0 radical (unpaired) electrons. The monoisotopic (exact) mass is 272 g/mol. The van der Waals surface area contributed by atoms with Crippen LogP contribution < -0.4 is 9.92 Å². The van der Waals surface area contributed by atoms with Crippen molar-refractivity contribution in [1.82, 2.24) is 0 Å². The number of ether oxygens (including phenoxy) is 1. The molecular weight excluding hydrogens is 252 g/mol. The number of hydrogen-bond donors (Lipinski definition) is 1. The van der Waals surface area contributed by atoms with E-state index in [4.69, 9.17) is 18.0 Å². The van der Waals surface area contributed by atoms with E-state index in [9.17, 15) is 5.11 Å². The largest absolute Gasteiger partial charge is 0.536 e. The normalized spacial score (nSPS) is 11.7. The molecule has 0 aliphatic carbocycles. The molecule has 0 spiro atoms. The van der Waals surface area contributed by atoms with Gasteiger partial charge in [-0.25, -0.2) is 0 Å². The minimum Gasteiger partial charge on any atom is -0.496 e. The molecule has 0 saturated heterocycles.